The lowest BCUT2D eigenvalue weighted by molar-refractivity contribution is -0.111. The van der Waals surface area contributed by atoms with Crippen LogP contribution in [0.15, 0.2) is 42.5 Å². The van der Waals surface area contributed by atoms with Crippen molar-refractivity contribution in [2.24, 2.45) is 0 Å². The maximum atomic E-state index is 12.2. The van der Waals surface area contributed by atoms with E-state index in [1.807, 2.05) is 31.1 Å². The summed E-state index contributed by atoms with van der Waals surface area (Å²) < 4.78 is 10.5. The maximum absolute atomic E-state index is 12.2. The van der Waals surface area contributed by atoms with Gasteiger partial charge in [0.1, 0.15) is 0 Å². The van der Waals surface area contributed by atoms with Crippen LogP contribution in [0.4, 0.5) is 11.4 Å². The third kappa shape index (κ3) is 4.67. The van der Waals surface area contributed by atoms with Crippen LogP contribution in [-0.2, 0) is 4.79 Å². The molecule has 0 fully saturated rings. The van der Waals surface area contributed by atoms with Crippen LogP contribution in [-0.4, -0.2) is 34.2 Å². The molecule has 6 heteroatoms. The Morgan fingerprint density at radius 1 is 1.12 bits per heavy atom. The molecular formula is C19H21ClN2O3. The molecule has 132 valence electrons. The van der Waals surface area contributed by atoms with Gasteiger partial charge >= 0.3 is 0 Å². The Bertz CT molecular complexity index is 788. The van der Waals surface area contributed by atoms with Crippen LogP contribution in [0.2, 0.25) is 5.02 Å². The van der Waals surface area contributed by atoms with Gasteiger partial charge in [-0.2, -0.15) is 0 Å². The van der Waals surface area contributed by atoms with Crippen molar-refractivity contribution in [2.45, 2.75) is 0 Å². The van der Waals surface area contributed by atoms with Crippen molar-refractivity contribution in [2.75, 3.05) is 38.5 Å². The molecule has 0 aliphatic heterocycles. The molecule has 0 aliphatic rings. The normalized spacial score (nSPS) is 10.6. The van der Waals surface area contributed by atoms with Gasteiger partial charge in [-0.25, -0.2) is 0 Å². The number of carbonyl (C=O) groups is 1. The fourth-order valence-electron chi connectivity index (χ4n) is 2.37. The summed E-state index contributed by atoms with van der Waals surface area (Å²) in [5, 5.41) is 3.42. The summed E-state index contributed by atoms with van der Waals surface area (Å²) in [7, 11) is 6.89. The molecule has 1 amide bonds. The van der Waals surface area contributed by atoms with E-state index in [9.17, 15) is 4.79 Å². The molecule has 2 rings (SSSR count). The van der Waals surface area contributed by atoms with Crippen molar-refractivity contribution in [1.82, 2.24) is 0 Å². The summed E-state index contributed by atoms with van der Waals surface area (Å²) in [5.74, 6) is 0.994. The van der Waals surface area contributed by atoms with Gasteiger partial charge in [0.2, 0.25) is 5.91 Å². The molecule has 25 heavy (non-hydrogen) atoms. The predicted molar refractivity (Wildman–Crippen MR) is 103 cm³/mol. The minimum Gasteiger partial charge on any atom is -0.493 e. The predicted octanol–water partition coefficient (Wildman–Crippen LogP) is 4.08. The highest BCUT2D eigenvalue weighted by Gasteiger charge is 2.10. The zero-order valence-electron chi connectivity index (χ0n) is 14.7. The van der Waals surface area contributed by atoms with Gasteiger partial charge in [0, 0.05) is 20.2 Å². The van der Waals surface area contributed by atoms with Gasteiger partial charge in [0.05, 0.1) is 30.6 Å². The number of hydrogen-bond donors (Lipinski definition) is 1. The van der Waals surface area contributed by atoms with Gasteiger partial charge in [-0.1, -0.05) is 23.7 Å². The number of anilines is 2. The number of amides is 1. The first kappa shape index (κ1) is 18.7. The number of benzene rings is 2. The average molecular weight is 361 g/mol. The molecule has 5 nitrogen and oxygen atoms in total. The summed E-state index contributed by atoms with van der Waals surface area (Å²) in [6.45, 7) is 0. The topological polar surface area (TPSA) is 50.8 Å². The van der Waals surface area contributed by atoms with E-state index in [0.717, 1.165) is 11.3 Å². The van der Waals surface area contributed by atoms with Gasteiger partial charge in [-0.15, -0.1) is 0 Å². The average Bonchev–Trinajstić information content (AvgIpc) is 2.59. The fourth-order valence-corrected chi connectivity index (χ4v) is 2.72. The highest BCUT2D eigenvalue weighted by molar-refractivity contribution is 6.34. The molecular weight excluding hydrogens is 340 g/mol. The zero-order valence-corrected chi connectivity index (χ0v) is 15.4. The number of halogens is 1. The summed E-state index contributed by atoms with van der Waals surface area (Å²) in [4.78, 5) is 14.1. The first-order valence-electron chi connectivity index (χ1n) is 7.63. The minimum absolute atomic E-state index is 0.250. The Labute approximate surface area is 152 Å². The molecule has 0 aliphatic carbocycles. The van der Waals surface area contributed by atoms with E-state index in [-0.39, 0.29) is 5.91 Å². The Morgan fingerprint density at radius 2 is 1.84 bits per heavy atom. The van der Waals surface area contributed by atoms with E-state index in [2.05, 4.69) is 5.32 Å². The zero-order chi connectivity index (χ0) is 18.4. The monoisotopic (exact) mass is 360 g/mol. The number of carbonyl (C=O) groups excluding carboxylic acids is 1. The lowest BCUT2D eigenvalue weighted by Crippen LogP contribution is -2.15. The van der Waals surface area contributed by atoms with Crippen molar-refractivity contribution in [3.05, 3.63) is 53.1 Å². The molecule has 2 aromatic carbocycles. The molecule has 0 aromatic heterocycles. The van der Waals surface area contributed by atoms with Gasteiger partial charge in [-0.3, -0.25) is 4.79 Å². The van der Waals surface area contributed by atoms with Crippen LogP contribution >= 0.6 is 11.6 Å². The van der Waals surface area contributed by atoms with Crippen molar-refractivity contribution in [3.63, 3.8) is 0 Å². The number of para-hydroxylation sites is 1. The second kappa shape index (κ2) is 8.44. The first-order chi connectivity index (χ1) is 12.0. The van der Waals surface area contributed by atoms with E-state index in [1.165, 1.54) is 6.08 Å². The highest BCUT2D eigenvalue weighted by atomic mass is 35.5. The Hall–Kier alpha value is -2.66. The molecule has 0 radical (unpaired) electrons. The van der Waals surface area contributed by atoms with Crippen molar-refractivity contribution < 1.29 is 14.3 Å². The number of hydrogen-bond acceptors (Lipinski definition) is 4. The fraction of sp³-hybridized carbons (Fsp3) is 0.211. The number of ether oxygens (including phenoxy) is 2. The van der Waals surface area contributed by atoms with Crippen LogP contribution in [0.3, 0.4) is 0 Å². The van der Waals surface area contributed by atoms with Gasteiger partial charge in [0.15, 0.2) is 11.5 Å². The van der Waals surface area contributed by atoms with Crippen LogP contribution in [0.5, 0.6) is 11.5 Å². The Balaban J connectivity index is 2.16. The van der Waals surface area contributed by atoms with Gasteiger partial charge in [0.25, 0.3) is 0 Å². The third-order valence-corrected chi connectivity index (χ3v) is 3.83. The maximum Gasteiger partial charge on any atom is 0.248 e. The summed E-state index contributed by atoms with van der Waals surface area (Å²) in [6.07, 6.45) is 3.17. The molecule has 0 bridgehead atoms. The standard InChI is InChI=1S/C19H21ClN2O3/c1-22(2)19-14(20)6-5-7-15(19)21-18(23)11-9-13-8-10-16(24-3)17(12-13)25-4/h5-12H,1-4H3,(H,21,23)/b11-9+. The molecule has 0 unspecified atom stereocenters. The molecule has 0 saturated carbocycles. The quantitative estimate of drug-likeness (QED) is 0.789. The number of methoxy groups -OCH3 is 2. The molecule has 0 heterocycles. The van der Waals surface area contributed by atoms with Gasteiger partial charge in [-0.05, 0) is 35.9 Å². The largest absolute Gasteiger partial charge is 0.493 e. The van der Waals surface area contributed by atoms with Crippen molar-refractivity contribution >= 4 is 35.0 Å². The second-order valence-corrected chi connectivity index (χ2v) is 5.87. The van der Waals surface area contributed by atoms with Crippen LogP contribution < -0.4 is 19.7 Å². The van der Waals surface area contributed by atoms with Crippen LogP contribution in [0, 0.1) is 0 Å². The lowest BCUT2D eigenvalue weighted by Gasteiger charge is -2.18. The number of nitrogens with one attached hydrogen (secondary N) is 1. The second-order valence-electron chi connectivity index (χ2n) is 5.47. The van der Waals surface area contributed by atoms with Crippen LogP contribution in [0.1, 0.15) is 5.56 Å². The third-order valence-electron chi connectivity index (χ3n) is 3.53. The summed E-state index contributed by atoms with van der Waals surface area (Å²) in [6, 6.07) is 10.8. The minimum atomic E-state index is -0.250. The van der Waals surface area contributed by atoms with Crippen molar-refractivity contribution in [1.29, 1.82) is 0 Å². The van der Waals surface area contributed by atoms with E-state index in [4.69, 9.17) is 21.1 Å². The number of nitrogens with zero attached hydrogens (tertiary/aromatic N) is 1. The first-order valence-corrected chi connectivity index (χ1v) is 8.01. The van der Waals surface area contributed by atoms with E-state index >= 15 is 0 Å². The van der Waals surface area contributed by atoms with Gasteiger partial charge < -0.3 is 19.7 Å². The van der Waals surface area contributed by atoms with E-state index in [0.29, 0.717) is 22.2 Å². The smallest absolute Gasteiger partial charge is 0.248 e. The Morgan fingerprint density at radius 3 is 2.48 bits per heavy atom. The molecule has 0 spiro atoms. The van der Waals surface area contributed by atoms with E-state index in [1.54, 1.807) is 44.6 Å². The Kier molecular flexibility index (Phi) is 6.31. The molecule has 0 atom stereocenters. The molecule has 2 aromatic rings. The van der Waals surface area contributed by atoms with E-state index < -0.39 is 0 Å². The highest BCUT2D eigenvalue weighted by Crippen LogP contribution is 2.32. The lowest BCUT2D eigenvalue weighted by atomic mass is 10.2. The summed E-state index contributed by atoms with van der Waals surface area (Å²) in [5.41, 5.74) is 2.24. The molecule has 0 saturated heterocycles. The van der Waals surface area contributed by atoms with Crippen molar-refractivity contribution in [3.8, 4) is 11.5 Å². The SMILES string of the molecule is COc1ccc(/C=C/C(=O)Nc2cccc(Cl)c2N(C)C)cc1OC. The molecule has 1 N–H and O–H groups in total. The van der Waals surface area contributed by atoms with Crippen LogP contribution in [0.25, 0.3) is 6.08 Å². The summed E-state index contributed by atoms with van der Waals surface area (Å²) >= 11 is 6.21. The number of rotatable bonds is 6.